The van der Waals surface area contributed by atoms with Gasteiger partial charge in [0.15, 0.2) is 0 Å². The van der Waals surface area contributed by atoms with Crippen LogP contribution in [0.1, 0.15) is 5.56 Å². The normalized spacial score (nSPS) is 14.8. The minimum absolute atomic E-state index is 0.0121. The number of anilines is 1. The molecule has 7 nitrogen and oxygen atoms in total. The van der Waals surface area contributed by atoms with Gasteiger partial charge in [-0.1, -0.05) is 46.3 Å². The van der Waals surface area contributed by atoms with Crippen LogP contribution in [-0.4, -0.2) is 48.5 Å². The lowest BCUT2D eigenvalue weighted by Gasteiger charge is -2.35. The van der Waals surface area contributed by atoms with Crippen LogP contribution in [0, 0.1) is 10.1 Å². The summed E-state index contributed by atoms with van der Waals surface area (Å²) in [5, 5.41) is 14.2. The van der Waals surface area contributed by atoms with Crippen molar-refractivity contribution in [3.05, 3.63) is 68.7 Å². The molecule has 142 valence electrons. The Balaban J connectivity index is 1.50. The van der Waals surface area contributed by atoms with Gasteiger partial charge in [0.25, 0.3) is 5.69 Å². The maximum atomic E-state index is 12.2. The summed E-state index contributed by atoms with van der Waals surface area (Å²) in [6, 6.07) is 14.9. The van der Waals surface area contributed by atoms with Gasteiger partial charge in [0.2, 0.25) is 5.91 Å². The van der Waals surface area contributed by atoms with E-state index in [0.717, 1.165) is 5.56 Å². The largest absolute Gasteiger partial charge is 0.363 e. The van der Waals surface area contributed by atoms with E-state index in [2.05, 4.69) is 26.1 Å². The number of carbonyl (C=O) groups excluding carboxylic acids is 1. The number of piperazine rings is 1. The molecule has 0 aliphatic carbocycles. The molecule has 0 radical (unpaired) electrons. The molecule has 1 saturated heterocycles. The van der Waals surface area contributed by atoms with E-state index < -0.39 is 0 Å². The molecule has 0 aromatic heterocycles. The van der Waals surface area contributed by atoms with Gasteiger partial charge >= 0.3 is 0 Å². The number of nitro groups is 1. The molecular weight excluding hydrogens is 412 g/mol. The molecule has 27 heavy (non-hydrogen) atoms. The standard InChI is InChI=1S/C19H21BrN4O3/c20-16-6-7-17(18(12-16)24(26)27)23-10-8-22(9-11-23)14-19(25)21-13-15-4-2-1-3-5-15/h1-7,12H,8-11,13-14H2,(H,21,25). The van der Waals surface area contributed by atoms with Crippen molar-refractivity contribution in [3.8, 4) is 0 Å². The predicted molar refractivity (Wildman–Crippen MR) is 108 cm³/mol. The molecule has 1 amide bonds. The molecule has 2 aromatic carbocycles. The lowest BCUT2D eigenvalue weighted by atomic mass is 10.2. The Bertz CT molecular complexity index is 808. The van der Waals surface area contributed by atoms with E-state index >= 15 is 0 Å². The molecule has 1 fully saturated rings. The van der Waals surface area contributed by atoms with Crippen LogP contribution in [0.5, 0.6) is 0 Å². The van der Waals surface area contributed by atoms with Crippen molar-refractivity contribution in [2.75, 3.05) is 37.6 Å². The highest BCUT2D eigenvalue weighted by Crippen LogP contribution is 2.31. The number of hydrogen-bond acceptors (Lipinski definition) is 5. The Labute approximate surface area is 166 Å². The summed E-state index contributed by atoms with van der Waals surface area (Å²) >= 11 is 3.28. The van der Waals surface area contributed by atoms with E-state index in [1.807, 2.05) is 41.3 Å². The molecule has 2 aromatic rings. The van der Waals surface area contributed by atoms with Crippen molar-refractivity contribution in [2.24, 2.45) is 0 Å². The first-order valence-corrected chi connectivity index (χ1v) is 9.54. The number of nitro benzene ring substituents is 1. The fraction of sp³-hybridized carbons (Fsp3) is 0.316. The Morgan fingerprint density at radius 1 is 1.11 bits per heavy atom. The second-order valence-corrected chi connectivity index (χ2v) is 7.33. The third kappa shape index (κ3) is 5.27. The van der Waals surface area contributed by atoms with Crippen LogP contribution >= 0.6 is 15.9 Å². The minimum Gasteiger partial charge on any atom is -0.363 e. The van der Waals surface area contributed by atoms with Crippen LogP contribution in [0.4, 0.5) is 11.4 Å². The molecule has 0 bridgehead atoms. The highest BCUT2D eigenvalue weighted by Gasteiger charge is 2.24. The summed E-state index contributed by atoms with van der Waals surface area (Å²) in [5.41, 5.74) is 1.79. The Morgan fingerprint density at radius 3 is 2.48 bits per heavy atom. The molecule has 8 heteroatoms. The molecule has 1 aliphatic rings. The first kappa shape index (κ1) is 19.3. The molecule has 0 saturated carbocycles. The van der Waals surface area contributed by atoms with E-state index in [-0.39, 0.29) is 16.5 Å². The molecule has 0 spiro atoms. The second-order valence-electron chi connectivity index (χ2n) is 6.42. The molecule has 0 atom stereocenters. The van der Waals surface area contributed by atoms with Crippen molar-refractivity contribution in [1.29, 1.82) is 0 Å². The van der Waals surface area contributed by atoms with Gasteiger partial charge < -0.3 is 10.2 Å². The monoisotopic (exact) mass is 432 g/mol. The second kappa shape index (κ2) is 8.96. The van der Waals surface area contributed by atoms with Crippen LogP contribution in [0.2, 0.25) is 0 Å². The first-order chi connectivity index (χ1) is 13.0. The fourth-order valence-corrected chi connectivity index (χ4v) is 3.46. The van der Waals surface area contributed by atoms with E-state index in [1.165, 1.54) is 6.07 Å². The number of amides is 1. The number of hydrogen-bond donors (Lipinski definition) is 1. The first-order valence-electron chi connectivity index (χ1n) is 8.75. The zero-order valence-electron chi connectivity index (χ0n) is 14.8. The third-order valence-electron chi connectivity index (χ3n) is 4.55. The van der Waals surface area contributed by atoms with Gasteiger partial charge in [-0.2, -0.15) is 0 Å². The maximum Gasteiger partial charge on any atom is 0.293 e. The highest BCUT2D eigenvalue weighted by atomic mass is 79.9. The van der Waals surface area contributed by atoms with Gasteiger partial charge in [-0.25, -0.2) is 0 Å². The topological polar surface area (TPSA) is 78.7 Å². The van der Waals surface area contributed by atoms with E-state index in [1.54, 1.807) is 6.07 Å². The number of nitrogens with one attached hydrogen (secondary N) is 1. The zero-order chi connectivity index (χ0) is 19.2. The SMILES string of the molecule is O=C(CN1CCN(c2ccc(Br)cc2[N+](=O)[O-])CC1)NCc1ccccc1. The smallest absolute Gasteiger partial charge is 0.293 e. The van der Waals surface area contributed by atoms with Crippen LogP contribution in [0.25, 0.3) is 0 Å². The molecule has 1 aliphatic heterocycles. The molecule has 1 heterocycles. The van der Waals surface area contributed by atoms with Gasteiger partial charge in [0, 0.05) is 43.3 Å². The van der Waals surface area contributed by atoms with Gasteiger partial charge in [-0.3, -0.25) is 19.8 Å². The van der Waals surface area contributed by atoms with Crippen molar-refractivity contribution < 1.29 is 9.72 Å². The van der Waals surface area contributed by atoms with Gasteiger partial charge in [-0.15, -0.1) is 0 Å². The number of rotatable bonds is 6. The van der Waals surface area contributed by atoms with Crippen molar-refractivity contribution in [3.63, 3.8) is 0 Å². The van der Waals surface area contributed by atoms with Crippen LogP contribution < -0.4 is 10.2 Å². The molecule has 3 rings (SSSR count). The lowest BCUT2D eigenvalue weighted by molar-refractivity contribution is -0.384. The lowest BCUT2D eigenvalue weighted by Crippen LogP contribution is -2.49. The van der Waals surface area contributed by atoms with Gasteiger partial charge in [0.05, 0.1) is 11.5 Å². The van der Waals surface area contributed by atoms with Crippen LogP contribution in [0.15, 0.2) is 53.0 Å². The zero-order valence-corrected chi connectivity index (χ0v) is 16.4. The summed E-state index contributed by atoms with van der Waals surface area (Å²) in [7, 11) is 0. The summed E-state index contributed by atoms with van der Waals surface area (Å²) < 4.78 is 0.687. The Morgan fingerprint density at radius 2 is 1.81 bits per heavy atom. The molecule has 0 unspecified atom stereocenters. The molecule has 1 N–H and O–H groups in total. The predicted octanol–water partition coefficient (Wildman–Crippen LogP) is 2.80. The highest BCUT2D eigenvalue weighted by molar-refractivity contribution is 9.10. The average molecular weight is 433 g/mol. The number of halogens is 1. The number of nitrogens with zero attached hydrogens (tertiary/aromatic N) is 3. The summed E-state index contributed by atoms with van der Waals surface area (Å²) in [4.78, 5) is 27.2. The van der Waals surface area contributed by atoms with E-state index in [4.69, 9.17) is 0 Å². The Hall–Kier alpha value is -2.45. The summed E-state index contributed by atoms with van der Waals surface area (Å²) in [6.45, 7) is 3.52. The van der Waals surface area contributed by atoms with E-state index in [9.17, 15) is 14.9 Å². The van der Waals surface area contributed by atoms with Crippen molar-refractivity contribution >= 4 is 33.2 Å². The Kier molecular flexibility index (Phi) is 6.41. The van der Waals surface area contributed by atoms with Gasteiger partial charge in [-0.05, 0) is 17.7 Å². The van der Waals surface area contributed by atoms with Crippen LogP contribution in [-0.2, 0) is 11.3 Å². The summed E-state index contributed by atoms with van der Waals surface area (Å²) in [6.07, 6.45) is 0. The number of benzene rings is 2. The number of carbonyl (C=O) groups is 1. The van der Waals surface area contributed by atoms with Crippen LogP contribution in [0.3, 0.4) is 0 Å². The summed E-state index contributed by atoms with van der Waals surface area (Å²) in [5.74, 6) is -0.0121. The maximum absolute atomic E-state index is 12.2. The molecular formula is C19H21BrN4O3. The van der Waals surface area contributed by atoms with Crippen molar-refractivity contribution in [2.45, 2.75) is 6.54 Å². The average Bonchev–Trinajstić information content (AvgIpc) is 2.68. The van der Waals surface area contributed by atoms with Crippen molar-refractivity contribution in [1.82, 2.24) is 10.2 Å². The third-order valence-corrected chi connectivity index (χ3v) is 5.04. The van der Waals surface area contributed by atoms with Gasteiger partial charge in [0.1, 0.15) is 5.69 Å². The fourth-order valence-electron chi connectivity index (χ4n) is 3.11. The minimum atomic E-state index is -0.358. The quantitative estimate of drug-likeness (QED) is 0.560. The van der Waals surface area contributed by atoms with E-state index in [0.29, 0.717) is 49.4 Å².